The molecule has 1 unspecified atom stereocenters. The van der Waals surface area contributed by atoms with Crippen LogP contribution in [-0.2, 0) is 0 Å². The first kappa shape index (κ1) is 26.7. The Morgan fingerprint density at radius 2 is 1.74 bits per heavy atom. The Kier molecular flexibility index (Phi) is 6.58. The quantitative estimate of drug-likeness (QED) is 0.260. The minimum absolute atomic E-state index is 0.0569. The van der Waals surface area contributed by atoms with Gasteiger partial charge < -0.3 is 15.2 Å². The molecule has 1 aliphatic carbocycles. The summed E-state index contributed by atoms with van der Waals surface area (Å²) in [6.07, 6.45) is 24.2. The number of pyridine rings is 1. The Balaban J connectivity index is 1.35. The van der Waals surface area contributed by atoms with Crippen LogP contribution >= 0.6 is 0 Å². The first-order valence-electron chi connectivity index (χ1n) is 16.4. The van der Waals surface area contributed by atoms with E-state index in [0.29, 0.717) is 12.5 Å². The second-order valence-corrected chi connectivity index (χ2v) is 13.7. The second kappa shape index (κ2) is 10.4. The second-order valence-electron chi connectivity index (χ2n) is 13.7. The molecule has 1 aromatic rings. The molecule has 0 saturated carbocycles. The number of rotatable bonds is 1. The highest BCUT2D eigenvalue weighted by Gasteiger charge is 2.65. The molecule has 0 radical (unpaired) electrons. The smallest absolute Gasteiger partial charge is 0.109 e. The SMILES string of the molecule is On1ccc2c3ccccc3nc-2c1C1=C[C@@]2(O)CC/C=C/CCCCN3CC[C@@H]1[C@]1(C[C@@H]4/C=C\CCCCN4[C@H]12)C3. The van der Waals surface area contributed by atoms with Crippen molar-refractivity contribution < 1.29 is 10.3 Å². The van der Waals surface area contributed by atoms with Gasteiger partial charge in [0.1, 0.15) is 5.69 Å². The fraction of sp³-hybridized carbons (Fsp3) is 0.528. The van der Waals surface area contributed by atoms with Crippen molar-refractivity contribution in [3.63, 3.8) is 0 Å². The van der Waals surface area contributed by atoms with E-state index >= 15 is 0 Å². The van der Waals surface area contributed by atoms with Crippen LogP contribution in [0, 0.1) is 11.3 Å². The molecule has 6 heterocycles. The highest BCUT2D eigenvalue weighted by atomic mass is 16.5. The van der Waals surface area contributed by atoms with Gasteiger partial charge in [-0.2, -0.15) is 4.73 Å². The summed E-state index contributed by atoms with van der Waals surface area (Å²) >= 11 is 0. The van der Waals surface area contributed by atoms with E-state index < -0.39 is 5.60 Å². The predicted molar refractivity (Wildman–Crippen MR) is 168 cm³/mol. The first-order chi connectivity index (χ1) is 20.6. The van der Waals surface area contributed by atoms with Crippen molar-refractivity contribution in [3.05, 3.63) is 72.6 Å². The Morgan fingerprint density at radius 3 is 2.67 bits per heavy atom. The van der Waals surface area contributed by atoms with Crippen LogP contribution in [0.3, 0.4) is 0 Å². The van der Waals surface area contributed by atoms with Crippen LogP contribution in [-0.4, -0.2) is 73.7 Å². The van der Waals surface area contributed by atoms with Gasteiger partial charge >= 0.3 is 0 Å². The average molecular weight is 565 g/mol. The van der Waals surface area contributed by atoms with Gasteiger partial charge in [-0.05, 0) is 114 Å². The number of fused-ring (bicyclic) bond motifs is 5. The van der Waals surface area contributed by atoms with Crippen LogP contribution in [0.25, 0.3) is 27.7 Å². The van der Waals surface area contributed by atoms with Gasteiger partial charge in [0.2, 0.25) is 0 Å². The molecule has 6 nitrogen and oxygen atoms in total. The molecule has 6 atom stereocenters. The highest BCUT2D eigenvalue weighted by Crippen LogP contribution is 2.62. The fourth-order valence-electron chi connectivity index (χ4n) is 9.65. The van der Waals surface area contributed by atoms with E-state index in [0.717, 1.165) is 91.7 Å². The van der Waals surface area contributed by atoms with E-state index in [1.54, 1.807) is 6.20 Å². The summed E-state index contributed by atoms with van der Waals surface area (Å²) in [6, 6.07) is 10.7. The Bertz CT molecular complexity index is 1540. The predicted octanol–water partition coefficient (Wildman–Crippen LogP) is 6.52. The van der Waals surface area contributed by atoms with Crippen molar-refractivity contribution >= 4 is 16.5 Å². The summed E-state index contributed by atoms with van der Waals surface area (Å²) in [4.78, 5) is 10.5. The third kappa shape index (κ3) is 4.13. The maximum absolute atomic E-state index is 13.1. The van der Waals surface area contributed by atoms with Crippen molar-refractivity contribution in [2.24, 2.45) is 11.3 Å². The number of piperidine rings is 1. The largest absolute Gasteiger partial charge is 0.428 e. The van der Waals surface area contributed by atoms with Gasteiger partial charge in [0, 0.05) is 35.1 Å². The molecule has 2 saturated heterocycles. The molecule has 8 rings (SSSR count). The van der Waals surface area contributed by atoms with E-state index in [-0.39, 0.29) is 17.4 Å². The highest BCUT2D eigenvalue weighted by molar-refractivity contribution is 6.00. The van der Waals surface area contributed by atoms with Crippen molar-refractivity contribution in [2.75, 3.05) is 26.2 Å². The number of aromatic nitrogens is 2. The number of hydrogen-bond donors (Lipinski definition) is 2. The van der Waals surface area contributed by atoms with Crippen LogP contribution < -0.4 is 0 Å². The lowest BCUT2D eigenvalue weighted by atomic mass is 9.54. The van der Waals surface area contributed by atoms with Crippen molar-refractivity contribution in [3.8, 4) is 11.3 Å². The molecular formula is C36H44N4O2. The number of hydrogen-bond acceptors (Lipinski definition) is 5. The molecule has 0 aromatic heterocycles. The molecule has 42 heavy (non-hydrogen) atoms. The van der Waals surface area contributed by atoms with Crippen molar-refractivity contribution in [1.29, 1.82) is 0 Å². The normalized spacial score (nSPS) is 37.0. The molecule has 220 valence electrons. The zero-order chi connectivity index (χ0) is 28.3. The first-order valence-corrected chi connectivity index (χ1v) is 16.4. The lowest BCUT2D eigenvalue weighted by molar-refractivity contribution is -0.0897. The summed E-state index contributed by atoms with van der Waals surface area (Å²) in [5.41, 5.74) is 3.63. The standard InChI is InChI=1S/C36H44N4O2/c41-36-18-10-4-1-2-5-11-19-38-21-17-30(35(25-38)23-26-13-7-3-6-12-20-39(26)34(35)36)29(24-36)33-32-28(16-22-40(33)42)27-14-8-9-15-31(27)37-32/h1,4,7-9,13-16,22,24,26,30,34,41-42H,2-3,5-6,10-12,17-21,23,25H2/b4-1+,13-7-/t26-,30-,34+,35-,36-/m0/s1. The molecule has 1 spiro atoms. The van der Waals surface area contributed by atoms with Crippen LogP contribution in [0.1, 0.15) is 69.9 Å². The minimum Gasteiger partial charge on any atom is -0.428 e. The Labute approximate surface area is 249 Å². The fourth-order valence-corrected chi connectivity index (χ4v) is 9.65. The number of aliphatic hydroxyl groups is 1. The van der Waals surface area contributed by atoms with Gasteiger partial charge in [0.15, 0.2) is 0 Å². The topological polar surface area (TPSA) is 64.8 Å². The molecule has 6 heteroatoms. The molecule has 3 bridgehead atoms. The van der Waals surface area contributed by atoms with Crippen LogP contribution in [0.4, 0.5) is 0 Å². The summed E-state index contributed by atoms with van der Waals surface area (Å²) in [6.45, 7) is 4.23. The molecule has 0 amide bonds. The summed E-state index contributed by atoms with van der Waals surface area (Å²) in [5, 5.41) is 25.7. The third-order valence-electron chi connectivity index (χ3n) is 11.3. The monoisotopic (exact) mass is 564 g/mol. The maximum atomic E-state index is 13.1. The lowest BCUT2D eigenvalue weighted by Gasteiger charge is -2.58. The number of nitrogens with zero attached hydrogens (tertiary/aromatic N) is 4. The zero-order valence-electron chi connectivity index (χ0n) is 24.7. The lowest BCUT2D eigenvalue weighted by Crippen LogP contribution is -2.65. The van der Waals surface area contributed by atoms with Gasteiger partial charge in [0.25, 0.3) is 0 Å². The Hall–Kier alpha value is -2.93. The summed E-state index contributed by atoms with van der Waals surface area (Å²) in [5.74, 6) is 0.241. The van der Waals surface area contributed by atoms with Crippen LogP contribution in [0.5, 0.6) is 0 Å². The van der Waals surface area contributed by atoms with Gasteiger partial charge in [-0.1, -0.05) is 42.5 Å². The molecule has 1 aromatic carbocycles. The number of allylic oxidation sites excluding steroid dienone is 4. The van der Waals surface area contributed by atoms with Gasteiger partial charge in [-0.25, -0.2) is 4.98 Å². The van der Waals surface area contributed by atoms with E-state index in [1.165, 1.54) is 30.4 Å². The molecule has 6 aliphatic heterocycles. The number of para-hydroxylation sites is 1. The van der Waals surface area contributed by atoms with Gasteiger partial charge in [-0.3, -0.25) is 4.90 Å². The van der Waals surface area contributed by atoms with E-state index in [9.17, 15) is 10.3 Å². The van der Waals surface area contributed by atoms with E-state index in [2.05, 4.69) is 58.4 Å². The van der Waals surface area contributed by atoms with E-state index in [1.807, 2.05) is 12.1 Å². The van der Waals surface area contributed by atoms with Crippen molar-refractivity contribution in [1.82, 2.24) is 19.5 Å². The zero-order valence-corrected chi connectivity index (χ0v) is 24.7. The van der Waals surface area contributed by atoms with Crippen LogP contribution in [0.2, 0.25) is 0 Å². The van der Waals surface area contributed by atoms with Crippen LogP contribution in [0.15, 0.2) is 66.9 Å². The molecule has 2 N–H and O–H groups in total. The molecule has 2 fully saturated rings. The van der Waals surface area contributed by atoms with Gasteiger partial charge in [0.05, 0.1) is 22.9 Å². The van der Waals surface area contributed by atoms with Gasteiger partial charge in [-0.15, -0.1) is 0 Å². The third-order valence-corrected chi connectivity index (χ3v) is 11.3. The average Bonchev–Trinajstić information content (AvgIpc) is 3.49. The molecular weight excluding hydrogens is 520 g/mol. The van der Waals surface area contributed by atoms with E-state index in [4.69, 9.17) is 4.98 Å². The maximum Gasteiger partial charge on any atom is 0.109 e. The van der Waals surface area contributed by atoms with Crippen molar-refractivity contribution in [2.45, 2.75) is 81.9 Å². The molecule has 7 aliphatic rings. The number of benzene rings is 1. The summed E-state index contributed by atoms with van der Waals surface area (Å²) < 4.78 is 1.30. The Morgan fingerprint density at radius 1 is 0.905 bits per heavy atom. The summed E-state index contributed by atoms with van der Waals surface area (Å²) in [7, 11) is 0. The minimum atomic E-state index is -1.00.